The van der Waals surface area contributed by atoms with Gasteiger partial charge in [-0.3, -0.25) is 14.9 Å². The van der Waals surface area contributed by atoms with E-state index in [-0.39, 0.29) is 41.8 Å². The van der Waals surface area contributed by atoms with Gasteiger partial charge < -0.3 is 9.73 Å². The number of nitro groups is 1. The number of benzene rings is 1. The summed E-state index contributed by atoms with van der Waals surface area (Å²) in [6, 6.07) is 8.56. The number of imide groups is 1. The number of amides is 3. The fourth-order valence-electron chi connectivity index (χ4n) is 1.97. The molecule has 0 radical (unpaired) electrons. The molecule has 2 heterocycles. The molecule has 1 fully saturated rings. The quantitative estimate of drug-likeness (QED) is 0.294. The molecule has 0 saturated carbocycles. The number of carbonyl (C=O) groups excluding carboxylic acids is 2. The van der Waals surface area contributed by atoms with Gasteiger partial charge in [0.2, 0.25) is 0 Å². The molecule has 0 aliphatic carbocycles. The monoisotopic (exact) mass is 338 g/mol. The number of carbonyl (C=O) groups is 2. The summed E-state index contributed by atoms with van der Waals surface area (Å²) in [5.41, 5.74) is 0.644. The van der Waals surface area contributed by atoms with E-state index in [1.165, 1.54) is 18.3 Å². The van der Waals surface area contributed by atoms with E-state index in [0.717, 1.165) is 0 Å². The average Bonchev–Trinajstić information content (AvgIpc) is 3.13. The van der Waals surface area contributed by atoms with Crippen LogP contribution in [0, 0.1) is 10.1 Å². The minimum atomic E-state index is -0.589. The van der Waals surface area contributed by atoms with Crippen LogP contribution in [-0.2, 0) is 4.79 Å². The van der Waals surface area contributed by atoms with Crippen LogP contribution in [0.5, 0.6) is 0 Å². The van der Waals surface area contributed by atoms with Gasteiger partial charge in [0.05, 0.1) is 11.1 Å². The first-order chi connectivity index (χ1) is 11.0. The molecule has 1 aliphatic rings. The molecule has 1 aromatic carbocycles. The number of nitro benzene ring substituents is 1. The van der Waals surface area contributed by atoms with Crippen molar-refractivity contribution in [2.45, 2.75) is 0 Å². The zero-order valence-corrected chi connectivity index (χ0v) is 11.6. The third kappa shape index (κ3) is 3.70. The molecule has 3 rings (SSSR count). The van der Waals surface area contributed by atoms with Gasteiger partial charge in [-0.05, 0) is 24.3 Å². The third-order valence-corrected chi connectivity index (χ3v) is 3.11. The van der Waals surface area contributed by atoms with Crippen LogP contribution in [0.1, 0.15) is 5.76 Å². The Morgan fingerprint density at radius 3 is 2.50 bits per heavy atom. The van der Waals surface area contributed by atoms with E-state index in [1.54, 1.807) is 24.3 Å². The topological polar surface area (TPSA) is 118 Å². The number of non-ortho nitro benzene ring substituents is 1. The molecule has 0 bridgehead atoms. The Labute approximate surface area is 157 Å². The summed E-state index contributed by atoms with van der Waals surface area (Å²) < 4.78 is 5.51. The molecule has 1 aromatic heterocycles. The van der Waals surface area contributed by atoms with Gasteiger partial charge in [0.15, 0.2) is 0 Å². The number of hydrogen-bond acceptors (Lipinski definition) is 6. The molecule has 10 heteroatoms. The third-order valence-electron chi connectivity index (χ3n) is 3.11. The molecule has 24 heavy (non-hydrogen) atoms. The molecule has 1 N–H and O–H groups in total. The molecular formula is C14H11N4NaO5. The number of hydrazone groups is 1. The maximum atomic E-state index is 11.4. The van der Waals surface area contributed by atoms with Gasteiger partial charge in [-0.25, -0.2) is 4.79 Å². The van der Waals surface area contributed by atoms with Gasteiger partial charge in [0.25, 0.3) is 11.6 Å². The van der Waals surface area contributed by atoms with Crippen molar-refractivity contribution in [3.8, 4) is 11.3 Å². The van der Waals surface area contributed by atoms with Crippen LogP contribution in [-0.4, -0.2) is 64.2 Å². The van der Waals surface area contributed by atoms with Crippen LogP contribution in [0.2, 0.25) is 0 Å². The van der Waals surface area contributed by atoms with Crippen molar-refractivity contribution in [2.24, 2.45) is 5.10 Å². The Kier molecular flexibility index (Phi) is 5.50. The molecular weight excluding hydrogens is 327 g/mol. The average molecular weight is 338 g/mol. The summed E-state index contributed by atoms with van der Waals surface area (Å²) in [5.74, 6) is 0.373. The summed E-state index contributed by atoms with van der Waals surface area (Å²) in [6.07, 6.45) is 1.25. The molecule has 9 nitrogen and oxygen atoms in total. The number of hydrogen-bond donors (Lipinski definition) is 1. The second-order valence-corrected chi connectivity index (χ2v) is 4.61. The molecule has 1 aliphatic heterocycles. The summed E-state index contributed by atoms with van der Waals surface area (Å²) in [7, 11) is 0. The summed E-state index contributed by atoms with van der Waals surface area (Å²) in [5, 5.41) is 17.4. The Morgan fingerprint density at radius 1 is 1.21 bits per heavy atom. The van der Waals surface area contributed by atoms with Crippen LogP contribution >= 0.6 is 0 Å². The molecule has 0 unspecified atom stereocenters. The molecule has 3 amide bonds. The van der Waals surface area contributed by atoms with E-state index in [9.17, 15) is 19.7 Å². The fourth-order valence-corrected chi connectivity index (χ4v) is 1.97. The number of urea groups is 1. The van der Waals surface area contributed by atoms with Crippen LogP contribution in [0.25, 0.3) is 11.3 Å². The number of nitrogens with zero attached hydrogens (tertiary/aromatic N) is 3. The van der Waals surface area contributed by atoms with Gasteiger partial charge in [0, 0.05) is 17.7 Å². The first-order valence-corrected chi connectivity index (χ1v) is 6.54. The zero-order valence-electron chi connectivity index (χ0n) is 11.6. The predicted molar refractivity (Wildman–Crippen MR) is 85.8 cm³/mol. The van der Waals surface area contributed by atoms with E-state index in [1.807, 2.05) is 0 Å². The van der Waals surface area contributed by atoms with E-state index in [2.05, 4.69) is 10.4 Å². The SMILES string of the molecule is O=C1CNC(=O)N1N=Cc1ccc(-c2ccc([N+](=O)[O-])cc2)o1.[NaH]. The fraction of sp³-hybridized carbons (Fsp3) is 0.0714. The van der Waals surface area contributed by atoms with E-state index >= 15 is 0 Å². The Hall–Kier alpha value is -2.49. The molecule has 1 saturated heterocycles. The predicted octanol–water partition coefficient (Wildman–Crippen LogP) is 1.09. The first kappa shape index (κ1) is 17.9. The van der Waals surface area contributed by atoms with E-state index in [0.29, 0.717) is 22.1 Å². The molecule has 0 spiro atoms. The van der Waals surface area contributed by atoms with Crippen molar-refractivity contribution in [1.29, 1.82) is 0 Å². The van der Waals surface area contributed by atoms with E-state index < -0.39 is 16.9 Å². The second-order valence-electron chi connectivity index (χ2n) is 4.61. The first-order valence-electron chi connectivity index (χ1n) is 6.54. The second kappa shape index (κ2) is 7.39. The van der Waals surface area contributed by atoms with Gasteiger partial charge in [-0.2, -0.15) is 5.10 Å². The van der Waals surface area contributed by atoms with Crippen molar-refractivity contribution >= 4 is 53.4 Å². The Balaban J connectivity index is 0.00000208. The summed E-state index contributed by atoms with van der Waals surface area (Å²) >= 11 is 0. The van der Waals surface area contributed by atoms with Crippen molar-refractivity contribution in [3.05, 3.63) is 52.3 Å². The number of nitrogens with one attached hydrogen (secondary N) is 1. The maximum absolute atomic E-state index is 11.4. The standard InChI is InChI=1S/C14H10N4O5.Na.H/c19-13-8-15-14(20)17(13)16-7-11-5-6-12(23-11)9-1-3-10(4-2-9)18(21)22;;/h1-7H,8H2,(H,15,20);;. The van der Waals surface area contributed by atoms with Crippen molar-refractivity contribution in [2.75, 3.05) is 6.54 Å². The molecule has 118 valence electrons. The molecule has 0 atom stereocenters. The van der Waals surface area contributed by atoms with E-state index in [4.69, 9.17) is 4.42 Å². The summed E-state index contributed by atoms with van der Waals surface area (Å²) in [4.78, 5) is 32.8. The minimum absolute atomic E-state index is 0. The zero-order chi connectivity index (χ0) is 16.4. The van der Waals surface area contributed by atoms with Gasteiger partial charge in [0.1, 0.15) is 18.1 Å². The van der Waals surface area contributed by atoms with Crippen LogP contribution in [0.15, 0.2) is 45.9 Å². The van der Waals surface area contributed by atoms with Crippen LogP contribution < -0.4 is 5.32 Å². The number of furan rings is 1. The van der Waals surface area contributed by atoms with Crippen LogP contribution in [0.3, 0.4) is 0 Å². The van der Waals surface area contributed by atoms with Gasteiger partial charge >= 0.3 is 35.6 Å². The van der Waals surface area contributed by atoms with Crippen LogP contribution in [0.4, 0.5) is 10.5 Å². The summed E-state index contributed by atoms with van der Waals surface area (Å²) in [6.45, 7) is -0.0810. The van der Waals surface area contributed by atoms with Crippen molar-refractivity contribution < 1.29 is 18.9 Å². The van der Waals surface area contributed by atoms with Crippen molar-refractivity contribution in [1.82, 2.24) is 10.3 Å². The van der Waals surface area contributed by atoms with Gasteiger partial charge in [-0.15, -0.1) is 5.01 Å². The van der Waals surface area contributed by atoms with Gasteiger partial charge in [-0.1, -0.05) is 0 Å². The molecule has 2 aromatic rings. The normalized spacial score (nSPS) is 13.9. The number of rotatable bonds is 4. The Bertz CT molecular complexity index is 799. The van der Waals surface area contributed by atoms with Crippen molar-refractivity contribution in [3.63, 3.8) is 0 Å². The Morgan fingerprint density at radius 2 is 1.92 bits per heavy atom.